The molecule has 0 radical (unpaired) electrons. The molecular weight excluding hydrogens is 176 g/mol. The summed E-state index contributed by atoms with van der Waals surface area (Å²) in [4.78, 5) is 2.15. The van der Waals surface area contributed by atoms with Gasteiger partial charge in [-0.3, -0.25) is 0 Å². The van der Waals surface area contributed by atoms with Crippen molar-refractivity contribution >= 4 is 0 Å². The maximum atomic E-state index is 9.40. The van der Waals surface area contributed by atoms with Crippen LogP contribution in [0.5, 0.6) is 0 Å². The van der Waals surface area contributed by atoms with Crippen molar-refractivity contribution in [2.45, 2.75) is 38.6 Å². The highest BCUT2D eigenvalue weighted by Gasteiger charge is 2.24. The lowest BCUT2D eigenvalue weighted by Crippen LogP contribution is -2.49. The van der Waals surface area contributed by atoms with Gasteiger partial charge in [-0.1, -0.05) is 20.3 Å². The second-order valence-corrected chi connectivity index (χ2v) is 4.27. The minimum atomic E-state index is -0.0508. The lowest BCUT2D eigenvalue weighted by Gasteiger charge is -2.32. The number of hydrogen-bond acceptors (Lipinski definition) is 3. The zero-order valence-electron chi connectivity index (χ0n) is 10.1. The van der Waals surface area contributed by atoms with Gasteiger partial charge in [0, 0.05) is 18.6 Å². The van der Waals surface area contributed by atoms with E-state index in [1.165, 1.54) is 0 Å². The predicted octanol–water partition coefficient (Wildman–Crippen LogP) is 1.08. The first-order chi connectivity index (χ1) is 6.60. The Morgan fingerprint density at radius 3 is 2.29 bits per heavy atom. The summed E-state index contributed by atoms with van der Waals surface area (Å²) in [6.07, 6.45) is 3.15. The minimum absolute atomic E-state index is 0.0508. The lowest BCUT2D eigenvalue weighted by atomic mass is 9.91. The van der Waals surface area contributed by atoms with Gasteiger partial charge in [-0.25, -0.2) is 0 Å². The van der Waals surface area contributed by atoms with E-state index in [0.717, 1.165) is 32.4 Å². The molecule has 86 valence electrons. The molecule has 0 amide bonds. The molecule has 0 bridgehead atoms. The number of nitrogens with one attached hydrogen (secondary N) is 1. The Bertz CT molecular complexity index is 133. The van der Waals surface area contributed by atoms with E-state index in [2.05, 4.69) is 38.2 Å². The highest BCUT2D eigenvalue weighted by atomic mass is 16.3. The van der Waals surface area contributed by atoms with Crippen molar-refractivity contribution in [3.63, 3.8) is 0 Å². The molecule has 0 aromatic heterocycles. The molecule has 0 saturated carbocycles. The van der Waals surface area contributed by atoms with Gasteiger partial charge < -0.3 is 15.3 Å². The highest BCUT2D eigenvalue weighted by molar-refractivity contribution is 4.85. The van der Waals surface area contributed by atoms with Crippen molar-refractivity contribution in [2.75, 3.05) is 33.8 Å². The Kier molecular flexibility index (Phi) is 7.15. The zero-order chi connectivity index (χ0) is 11.0. The number of aliphatic hydroxyl groups is 1. The monoisotopic (exact) mass is 202 g/mol. The fourth-order valence-corrected chi connectivity index (χ4v) is 1.66. The molecule has 3 nitrogen and oxygen atoms in total. The molecule has 2 N–H and O–H groups in total. The molecule has 0 spiro atoms. The van der Waals surface area contributed by atoms with Crippen LogP contribution >= 0.6 is 0 Å². The maximum absolute atomic E-state index is 9.40. The molecule has 0 aromatic rings. The average Bonchev–Trinajstić information content (AvgIpc) is 2.16. The van der Waals surface area contributed by atoms with Gasteiger partial charge in [-0.2, -0.15) is 0 Å². The summed E-state index contributed by atoms with van der Waals surface area (Å²) >= 11 is 0. The maximum Gasteiger partial charge on any atom is 0.0613 e. The summed E-state index contributed by atoms with van der Waals surface area (Å²) in [7, 11) is 4.13. The smallest absolute Gasteiger partial charge is 0.0613 e. The van der Waals surface area contributed by atoms with Crippen molar-refractivity contribution in [1.82, 2.24) is 10.2 Å². The van der Waals surface area contributed by atoms with Gasteiger partial charge in [0.1, 0.15) is 0 Å². The third kappa shape index (κ3) is 4.94. The third-order valence-corrected chi connectivity index (χ3v) is 2.77. The first-order valence-electron chi connectivity index (χ1n) is 5.61. The van der Waals surface area contributed by atoms with E-state index in [4.69, 9.17) is 0 Å². The van der Waals surface area contributed by atoms with Crippen LogP contribution in [0.25, 0.3) is 0 Å². The third-order valence-electron chi connectivity index (χ3n) is 2.77. The van der Waals surface area contributed by atoms with Gasteiger partial charge in [0.2, 0.25) is 0 Å². The van der Waals surface area contributed by atoms with Crippen molar-refractivity contribution in [1.29, 1.82) is 0 Å². The van der Waals surface area contributed by atoms with E-state index < -0.39 is 0 Å². The molecule has 0 heterocycles. The molecule has 0 aliphatic rings. The van der Waals surface area contributed by atoms with Crippen LogP contribution in [-0.2, 0) is 0 Å². The van der Waals surface area contributed by atoms with Crippen molar-refractivity contribution in [2.24, 2.45) is 0 Å². The minimum Gasteiger partial charge on any atom is -0.394 e. The van der Waals surface area contributed by atoms with Crippen LogP contribution in [0.2, 0.25) is 0 Å². The molecule has 14 heavy (non-hydrogen) atoms. The van der Waals surface area contributed by atoms with Crippen LogP contribution in [0.4, 0.5) is 0 Å². The molecule has 0 fully saturated rings. The van der Waals surface area contributed by atoms with E-state index in [0.29, 0.717) is 0 Å². The second-order valence-electron chi connectivity index (χ2n) is 4.27. The van der Waals surface area contributed by atoms with E-state index in [1.54, 1.807) is 0 Å². The Balaban J connectivity index is 3.94. The molecule has 0 rings (SSSR count). The first kappa shape index (κ1) is 13.9. The zero-order valence-corrected chi connectivity index (χ0v) is 10.1. The quantitative estimate of drug-likeness (QED) is 0.618. The molecule has 0 saturated heterocycles. The summed E-state index contributed by atoms with van der Waals surface area (Å²) in [5.41, 5.74) is -0.0508. The molecule has 0 aliphatic carbocycles. The normalized spacial score (nSPS) is 15.9. The Morgan fingerprint density at radius 1 is 1.29 bits per heavy atom. The van der Waals surface area contributed by atoms with Crippen LogP contribution < -0.4 is 5.32 Å². The fourth-order valence-electron chi connectivity index (χ4n) is 1.66. The molecular formula is C11H26N2O. The Morgan fingerprint density at radius 2 is 1.93 bits per heavy atom. The summed E-state index contributed by atoms with van der Waals surface area (Å²) in [6, 6.07) is 0. The van der Waals surface area contributed by atoms with Crippen LogP contribution in [0.3, 0.4) is 0 Å². The average molecular weight is 202 g/mol. The van der Waals surface area contributed by atoms with E-state index in [-0.39, 0.29) is 12.1 Å². The van der Waals surface area contributed by atoms with Crippen LogP contribution in [0.1, 0.15) is 33.1 Å². The number of nitrogens with zero attached hydrogens (tertiary/aromatic N) is 1. The number of rotatable bonds is 8. The molecule has 1 atom stereocenters. The van der Waals surface area contributed by atoms with Crippen LogP contribution in [0.15, 0.2) is 0 Å². The van der Waals surface area contributed by atoms with Gasteiger partial charge >= 0.3 is 0 Å². The highest BCUT2D eigenvalue weighted by Crippen LogP contribution is 2.16. The van der Waals surface area contributed by atoms with Crippen molar-refractivity contribution < 1.29 is 5.11 Å². The first-order valence-corrected chi connectivity index (χ1v) is 5.61. The fraction of sp³-hybridized carbons (Fsp3) is 1.00. The second kappa shape index (κ2) is 7.21. The van der Waals surface area contributed by atoms with Crippen LogP contribution in [0, 0.1) is 0 Å². The Hall–Kier alpha value is -0.120. The van der Waals surface area contributed by atoms with Crippen molar-refractivity contribution in [3.8, 4) is 0 Å². The number of aliphatic hydroxyl groups excluding tert-OH is 1. The summed E-state index contributed by atoms with van der Waals surface area (Å²) in [6.45, 7) is 6.50. The number of hydrogen-bond donors (Lipinski definition) is 2. The molecule has 0 aliphatic heterocycles. The Labute approximate surface area is 88.5 Å². The van der Waals surface area contributed by atoms with Gasteiger partial charge in [0.15, 0.2) is 0 Å². The van der Waals surface area contributed by atoms with Crippen molar-refractivity contribution in [3.05, 3.63) is 0 Å². The van der Waals surface area contributed by atoms with E-state index in [9.17, 15) is 5.11 Å². The van der Waals surface area contributed by atoms with Crippen LogP contribution in [-0.4, -0.2) is 49.3 Å². The van der Waals surface area contributed by atoms with Gasteiger partial charge in [0.05, 0.1) is 6.61 Å². The van der Waals surface area contributed by atoms with E-state index >= 15 is 0 Å². The predicted molar refractivity (Wildman–Crippen MR) is 61.6 cm³/mol. The summed E-state index contributed by atoms with van der Waals surface area (Å²) in [5, 5.41) is 12.9. The lowest BCUT2D eigenvalue weighted by molar-refractivity contribution is 0.143. The topological polar surface area (TPSA) is 35.5 Å². The summed E-state index contributed by atoms with van der Waals surface area (Å²) < 4.78 is 0. The van der Waals surface area contributed by atoms with Gasteiger partial charge in [-0.05, 0) is 26.9 Å². The van der Waals surface area contributed by atoms with Gasteiger partial charge in [-0.15, -0.1) is 0 Å². The standard InChI is InChI=1S/C11H26N2O/c1-5-7-11(6-2,10-14)12-8-9-13(3)4/h12,14H,5-10H2,1-4H3. The molecule has 0 aromatic carbocycles. The van der Waals surface area contributed by atoms with Gasteiger partial charge in [0.25, 0.3) is 0 Å². The van der Waals surface area contributed by atoms with E-state index in [1.807, 2.05) is 0 Å². The SMILES string of the molecule is CCCC(CC)(CO)NCCN(C)C. The largest absolute Gasteiger partial charge is 0.394 e. The summed E-state index contributed by atoms with van der Waals surface area (Å²) in [5.74, 6) is 0. The molecule has 1 unspecified atom stereocenters. The molecule has 3 heteroatoms. The number of likely N-dealkylation sites (N-methyl/N-ethyl adjacent to an activating group) is 1.